The molecule has 0 aliphatic carbocycles. The lowest BCUT2D eigenvalue weighted by Gasteiger charge is -2.23. The van der Waals surface area contributed by atoms with E-state index in [1.165, 1.54) is 0 Å². The molecule has 1 heterocycles. The standard InChI is InChI=1S/C12H20N2O5/c1-12(2,3)11(19)13-5-9(16)14-6-7(15)4-8(14)10(17)18/h7-8,15H,4-6H2,1-3H3,(H,13,19)(H,17,18)/t7-,8-/m1/s1. The number of hydrogen-bond donors (Lipinski definition) is 3. The molecule has 2 amide bonds. The molecule has 7 nitrogen and oxygen atoms in total. The zero-order valence-corrected chi connectivity index (χ0v) is 11.3. The fourth-order valence-electron chi connectivity index (χ4n) is 1.85. The van der Waals surface area contributed by atoms with Crippen molar-refractivity contribution in [2.75, 3.05) is 13.1 Å². The van der Waals surface area contributed by atoms with Gasteiger partial charge >= 0.3 is 5.97 Å². The number of β-amino-alcohol motifs (C(OH)–C–C–N with tert-alkyl or cyclic N) is 1. The number of rotatable bonds is 3. The summed E-state index contributed by atoms with van der Waals surface area (Å²) in [7, 11) is 0. The average Bonchev–Trinajstić information content (AvgIpc) is 2.66. The third-order valence-electron chi connectivity index (χ3n) is 2.97. The minimum absolute atomic E-state index is 0.0127. The van der Waals surface area contributed by atoms with E-state index in [2.05, 4.69) is 5.32 Å². The first-order chi connectivity index (χ1) is 8.62. The minimum atomic E-state index is -1.15. The third-order valence-corrected chi connectivity index (χ3v) is 2.97. The molecule has 0 spiro atoms. The maximum Gasteiger partial charge on any atom is 0.326 e. The monoisotopic (exact) mass is 272 g/mol. The van der Waals surface area contributed by atoms with Crippen molar-refractivity contribution in [2.24, 2.45) is 5.41 Å². The van der Waals surface area contributed by atoms with E-state index in [1.807, 2.05) is 0 Å². The Kier molecular flexibility index (Phi) is 4.52. The van der Waals surface area contributed by atoms with Crippen LogP contribution in [-0.2, 0) is 14.4 Å². The normalized spacial score (nSPS) is 23.3. The largest absolute Gasteiger partial charge is 0.480 e. The van der Waals surface area contributed by atoms with Gasteiger partial charge in [0, 0.05) is 18.4 Å². The minimum Gasteiger partial charge on any atom is -0.480 e. The number of likely N-dealkylation sites (tertiary alicyclic amines) is 1. The molecule has 7 heteroatoms. The van der Waals surface area contributed by atoms with Gasteiger partial charge < -0.3 is 20.4 Å². The summed E-state index contributed by atoms with van der Waals surface area (Å²) in [5.74, 6) is -1.93. The molecule has 0 saturated carbocycles. The van der Waals surface area contributed by atoms with Crippen LogP contribution >= 0.6 is 0 Å². The number of aliphatic hydroxyl groups excluding tert-OH is 1. The molecule has 19 heavy (non-hydrogen) atoms. The molecule has 0 aromatic carbocycles. The molecule has 1 saturated heterocycles. The van der Waals surface area contributed by atoms with Gasteiger partial charge in [0.25, 0.3) is 0 Å². The van der Waals surface area contributed by atoms with Crippen LogP contribution in [-0.4, -0.2) is 58.1 Å². The number of carbonyl (C=O) groups is 3. The van der Waals surface area contributed by atoms with Gasteiger partial charge in [0.05, 0.1) is 12.6 Å². The van der Waals surface area contributed by atoms with Crippen LogP contribution in [0.15, 0.2) is 0 Å². The Balaban J connectivity index is 2.58. The van der Waals surface area contributed by atoms with Crippen LogP contribution < -0.4 is 5.32 Å². The molecule has 2 atom stereocenters. The predicted molar refractivity (Wildman–Crippen MR) is 66.2 cm³/mol. The summed E-state index contributed by atoms with van der Waals surface area (Å²) < 4.78 is 0. The van der Waals surface area contributed by atoms with Crippen LogP contribution in [0.5, 0.6) is 0 Å². The van der Waals surface area contributed by atoms with Crippen LogP contribution in [0.1, 0.15) is 27.2 Å². The smallest absolute Gasteiger partial charge is 0.326 e. The van der Waals surface area contributed by atoms with Gasteiger partial charge in [-0.05, 0) is 0 Å². The Hall–Kier alpha value is -1.63. The van der Waals surface area contributed by atoms with Crippen LogP contribution in [0.25, 0.3) is 0 Å². The fourth-order valence-corrected chi connectivity index (χ4v) is 1.85. The zero-order valence-electron chi connectivity index (χ0n) is 11.3. The first-order valence-corrected chi connectivity index (χ1v) is 6.11. The number of nitrogens with zero attached hydrogens (tertiary/aromatic N) is 1. The van der Waals surface area contributed by atoms with E-state index in [1.54, 1.807) is 20.8 Å². The third kappa shape index (κ3) is 3.92. The molecule has 1 rings (SSSR count). The number of nitrogens with one attached hydrogen (secondary N) is 1. The van der Waals surface area contributed by atoms with E-state index >= 15 is 0 Å². The summed E-state index contributed by atoms with van der Waals surface area (Å²) >= 11 is 0. The van der Waals surface area contributed by atoms with E-state index in [0.29, 0.717) is 0 Å². The van der Waals surface area contributed by atoms with Crippen molar-refractivity contribution in [1.82, 2.24) is 10.2 Å². The van der Waals surface area contributed by atoms with Crippen LogP contribution in [0, 0.1) is 5.41 Å². The van der Waals surface area contributed by atoms with Gasteiger partial charge in [-0.3, -0.25) is 9.59 Å². The lowest BCUT2D eigenvalue weighted by molar-refractivity contribution is -0.148. The molecule has 1 aliphatic rings. The predicted octanol–water partition coefficient (Wildman–Crippen LogP) is -0.805. The molecule has 1 fully saturated rings. The highest BCUT2D eigenvalue weighted by Crippen LogP contribution is 2.18. The molecule has 3 N–H and O–H groups in total. The van der Waals surface area contributed by atoms with Gasteiger partial charge in [-0.25, -0.2) is 4.79 Å². The average molecular weight is 272 g/mol. The summed E-state index contributed by atoms with van der Waals surface area (Å²) in [4.78, 5) is 35.6. The van der Waals surface area contributed by atoms with Crippen molar-refractivity contribution in [3.8, 4) is 0 Å². The summed E-state index contributed by atoms with van der Waals surface area (Å²) in [6, 6.07) is -1.02. The van der Waals surface area contributed by atoms with Gasteiger partial charge in [0.1, 0.15) is 6.04 Å². The molecule has 0 aromatic rings. The number of aliphatic hydroxyl groups is 1. The highest BCUT2D eigenvalue weighted by molar-refractivity contribution is 5.89. The van der Waals surface area contributed by atoms with E-state index in [-0.39, 0.29) is 25.4 Å². The second-order valence-electron chi connectivity index (χ2n) is 5.72. The second-order valence-corrected chi connectivity index (χ2v) is 5.72. The Morgan fingerprint density at radius 2 is 1.89 bits per heavy atom. The fraction of sp³-hybridized carbons (Fsp3) is 0.750. The highest BCUT2D eigenvalue weighted by Gasteiger charge is 2.38. The molecule has 108 valence electrons. The summed E-state index contributed by atoms with van der Waals surface area (Å²) in [5, 5.41) is 20.9. The Bertz CT molecular complexity index is 388. The van der Waals surface area contributed by atoms with Gasteiger partial charge in [-0.1, -0.05) is 20.8 Å². The summed E-state index contributed by atoms with van der Waals surface area (Å²) in [5.41, 5.74) is -0.614. The van der Waals surface area contributed by atoms with Crippen LogP contribution in [0.2, 0.25) is 0 Å². The molecular formula is C12H20N2O5. The van der Waals surface area contributed by atoms with Crippen LogP contribution in [0.3, 0.4) is 0 Å². The molecule has 1 aliphatic heterocycles. The first kappa shape index (κ1) is 15.4. The number of hydrogen-bond acceptors (Lipinski definition) is 4. The zero-order chi connectivity index (χ0) is 14.8. The summed E-state index contributed by atoms with van der Waals surface area (Å²) in [6.45, 7) is 4.87. The number of carboxylic acid groups (broad SMARTS) is 1. The van der Waals surface area contributed by atoms with Crippen molar-refractivity contribution in [3.05, 3.63) is 0 Å². The van der Waals surface area contributed by atoms with Crippen molar-refractivity contribution in [2.45, 2.75) is 39.3 Å². The van der Waals surface area contributed by atoms with Gasteiger partial charge in [-0.2, -0.15) is 0 Å². The first-order valence-electron chi connectivity index (χ1n) is 6.11. The van der Waals surface area contributed by atoms with E-state index in [9.17, 15) is 19.5 Å². The maximum absolute atomic E-state index is 11.9. The van der Waals surface area contributed by atoms with Gasteiger partial charge in [0.2, 0.25) is 11.8 Å². The number of carbonyl (C=O) groups excluding carboxylic acids is 2. The quantitative estimate of drug-likeness (QED) is 0.623. The van der Waals surface area contributed by atoms with E-state index < -0.39 is 29.4 Å². The second kappa shape index (κ2) is 5.56. The van der Waals surface area contributed by atoms with Crippen molar-refractivity contribution >= 4 is 17.8 Å². The Morgan fingerprint density at radius 3 is 2.37 bits per heavy atom. The van der Waals surface area contributed by atoms with E-state index in [0.717, 1.165) is 4.90 Å². The van der Waals surface area contributed by atoms with Crippen molar-refractivity contribution in [3.63, 3.8) is 0 Å². The molecule has 0 radical (unpaired) electrons. The highest BCUT2D eigenvalue weighted by atomic mass is 16.4. The number of carboxylic acids is 1. The Morgan fingerprint density at radius 1 is 1.32 bits per heavy atom. The van der Waals surface area contributed by atoms with Crippen molar-refractivity contribution < 1.29 is 24.6 Å². The topological polar surface area (TPSA) is 107 Å². The van der Waals surface area contributed by atoms with Crippen LogP contribution in [0.4, 0.5) is 0 Å². The van der Waals surface area contributed by atoms with Gasteiger partial charge in [0.15, 0.2) is 0 Å². The molecule has 0 bridgehead atoms. The molecule has 0 aromatic heterocycles. The lowest BCUT2D eigenvalue weighted by atomic mass is 9.96. The Labute approximate surface area is 111 Å². The van der Waals surface area contributed by atoms with Gasteiger partial charge in [-0.15, -0.1) is 0 Å². The van der Waals surface area contributed by atoms with E-state index in [4.69, 9.17) is 5.11 Å². The SMILES string of the molecule is CC(C)(C)C(=O)NCC(=O)N1C[C@H](O)C[C@@H]1C(=O)O. The number of amides is 2. The molecule has 0 unspecified atom stereocenters. The summed E-state index contributed by atoms with van der Waals surface area (Å²) in [6.07, 6.45) is -0.808. The molecular weight excluding hydrogens is 252 g/mol. The lowest BCUT2D eigenvalue weighted by Crippen LogP contribution is -2.47. The maximum atomic E-state index is 11.9. The number of aliphatic carboxylic acids is 1. The van der Waals surface area contributed by atoms with Crippen molar-refractivity contribution in [1.29, 1.82) is 0 Å².